The van der Waals surface area contributed by atoms with Crippen LogP contribution < -0.4 is 10.1 Å². The van der Waals surface area contributed by atoms with Crippen molar-refractivity contribution in [1.29, 1.82) is 0 Å². The fraction of sp³-hybridized carbons (Fsp3) is 0.684. The summed E-state index contributed by atoms with van der Waals surface area (Å²) >= 11 is 0. The smallest absolute Gasteiger partial charge is 0.118 e. The molecule has 0 aliphatic heterocycles. The van der Waals surface area contributed by atoms with Crippen LogP contribution in [0.15, 0.2) is 24.3 Å². The van der Waals surface area contributed by atoms with E-state index in [9.17, 15) is 0 Å². The van der Waals surface area contributed by atoms with Gasteiger partial charge < -0.3 is 10.1 Å². The van der Waals surface area contributed by atoms with Crippen molar-refractivity contribution in [2.45, 2.75) is 70.9 Å². The number of methoxy groups -OCH3 is 1. The normalized spacial score (nSPS) is 19.2. The third-order valence-electron chi connectivity index (χ3n) is 4.93. The summed E-state index contributed by atoms with van der Waals surface area (Å²) in [4.78, 5) is 0. The van der Waals surface area contributed by atoms with Gasteiger partial charge in [-0.2, -0.15) is 0 Å². The first-order valence-corrected chi connectivity index (χ1v) is 8.58. The van der Waals surface area contributed by atoms with Crippen LogP contribution in [0.2, 0.25) is 0 Å². The summed E-state index contributed by atoms with van der Waals surface area (Å²) in [6.45, 7) is 4.70. The van der Waals surface area contributed by atoms with Gasteiger partial charge in [-0.25, -0.2) is 0 Å². The van der Waals surface area contributed by atoms with Gasteiger partial charge in [0, 0.05) is 12.1 Å². The molecule has 2 atom stereocenters. The maximum atomic E-state index is 5.20. The maximum Gasteiger partial charge on any atom is 0.118 e. The lowest BCUT2D eigenvalue weighted by Crippen LogP contribution is -2.40. The molecule has 2 rings (SSSR count). The number of hydrogen-bond acceptors (Lipinski definition) is 2. The Morgan fingerprint density at radius 2 is 1.76 bits per heavy atom. The van der Waals surface area contributed by atoms with Crippen molar-refractivity contribution in [2.24, 2.45) is 5.92 Å². The highest BCUT2D eigenvalue weighted by molar-refractivity contribution is 5.27. The topological polar surface area (TPSA) is 21.3 Å². The Labute approximate surface area is 130 Å². The van der Waals surface area contributed by atoms with Crippen LogP contribution in [-0.4, -0.2) is 19.2 Å². The third-order valence-corrected chi connectivity index (χ3v) is 4.93. The van der Waals surface area contributed by atoms with E-state index >= 15 is 0 Å². The summed E-state index contributed by atoms with van der Waals surface area (Å²) in [5.74, 6) is 1.83. The first-order valence-electron chi connectivity index (χ1n) is 8.58. The molecule has 0 bridgehead atoms. The Hall–Kier alpha value is -1.02. The maximum absolute atomic E-state index is 5.20. The molecule has 1 N–H and O–H groups in total. The first-order chi connectivity index (χ1) is 10.2. The zero-order valence-electron chi connectivity index (χ0n) is 13.9. The highest BCUT2D eigenvalue weighted by atomic mass is 16.5. The Balaban J connectivity index is 1.71. The SMILES string of the molecule is COc1ccc(CCC(C)N[C@@H](C)C2CCCCC2)cc1. The van der Waals surface area contributed by atoms with Gasteiger partial charge >= 0.3 is 0 Å². The molecule has 2 heteroatoms. The van der Waals surface area contributed by atoms with E-state index in [0.717, 1.165) is 18.1 Å². The summed E-state index contributed by atoms with van der Waals surface area (Å²) in [5, 5.41) is 3.82. The van der Waals surface area contributed by atoms with E-state index in [0.29, 0.717) is 12.1 Å². The number of rotatable bonds is 7. The Bertz CT molecular complexity index is 395. The van der Waals surface area contributed by atoms with E-state index in [4.69, 9.17) is 4.74 Å². The van der Waals surface area contributed by atoms with Crippen LogP contribution in [0.1, 0.15) is 57.9 Å². The lowest BCUT2D eigenvalue weighted by Gasteiger charge is -2.30. The third kappa shape index (κ3) is 5.35. The number of aryl methyl sites for hydroxylation is 1. The quantitative estimate of drug-likeness (QED) is 0.793. The van der Waals surface area contributed by atoms with Crippen LogP contribution in [0.5, 0.6) is 5.75 Å². The molecular weight excluding hydrogens is 258 g/mol. The summed E-state index contributed by atoms with van der Waals surface area (Å²) in [6.07, 6.45) is 9.46. The van der Waals surface area contributed by atoms with Gasteiger partial charge in [0.1, 0.15) is 5.75 Å². The monoisotopic (exact) mass is 289 g/mol. The van der Waals surface area contributed by atoms with E-state index in [2.05, 4.69) is 43.4 Å². The molecule has 1 unspecified atom stereocenters. The van der Waals surface area contributed by atoms with Gasteiger partial charge in [0.2, 0.25) is 0 Å². The zero-order valence-corrected chi connectivity index (χ0v) is 13.9. The van der Waals surface area contributed by atoms with Gasteiger partial charge in [0.25, 0.3) is 0 Å². The van der Waals surface area contributed by atoms with Crippen molar-refractivity contribution in [3.8, 4) is 5.75 Å². The van der Waals surface area contributed by atoms with E-state index in [1.165, 1.54) is 44.1 Å². The van der Waals surface area contributed by atoms with Gasteiger partial charge in [-0.05, 0) is 63.1 Å². The molecule has 0 saturated heterocycles. The minimum atomic E-state index is 0.587. The molecule has 0 amide bonds. The summed E-state index contributed by atoms with van der Waals surface area (Å²) < 4.78 is 5.20. The fourth-order valence-electron chi connectivity index (χ4n) is 3.48. The first kappa shape index (κ1) is 16.4. The number of ether oxygens (including phenoxy) is 1. The molecular formula is C19H31NO. The molecule has 21 heavy (non-hydrogen) atoms. The standard InChI is InChI=1S/C19H31NO/c1-15(20-16(2)18-7-5-4-6-8-18)9-10-17-11-13-19(21-3)14-12-17/h11-16,18,20H,4-10H2,1-3H3/t15?,16-/m0/s1. The average Bonchev–Trinajstić information content (AvgIpc) is 2.54. The van der Waals surface area contributed by atoms with Crippen LogP contribution in [0.3, 0.4) is 0 Å². The molecule has 0 heterocycles. The van der Waals surface area contributed by atoms with Crippen molar-refractivity contribution in [1.82, 2.24) is 5.32 Å². The van der Waals surface area contributed by atoms with E-state index in [-0.39, 0.29) is 0 Å². The van der Waals surface area contributed by atoms with Gasteiger partial charge in [0.05, 0.1) is 7.11 Å². The Morgan fingerprint density at radius 3 is 2.38 bits per heavy atom. The Morgan fingerprint density at radius 1 is 1.10 bits per heavy atom. The van der Waals surface area contributed by atoms with Crippen LogP contribution in [-0.2, 0) is 6.42 Å². The predicted octanol–water partition coefficient (Wildman–Crippen LogP) is 4.57. The average molecular weight is 289 g/mol. The molecule has 1 aromatic rings. The molecule has 0 radical (unpaired) electrons. The molecule has 1 fully saturated rings. The zero-order chi connectivity index (χ0) is 15.1. The van der Waals surface area contributed by atoms with Crippen molar-refractivity contribution >= 4 is 0 Å². The minimum absolute atomic E-state index is 0.587. The van der Waals surface area contributed by atoms with Gasteiger partial charge in [-0.1, -0.05) is 31.4 Å². The molecule has 0 aromatic heterocycles. The molecule has 1 aliphatic carbocycles. The van der Waals surface area contributed by atoms with Crippen molar-refractivity contribution in [3.05, 3.63) is 29.8 Å². The van der Waals surface area contributed by atoms with Crippen LogP contribution in [0, 0.1) is 5.92 Å². The second kappa shape index (κ2) is 8.43. The van der Waals surface area contributed by atoms with Gasteiger partial charge in [-0.15, -0.1) is 0 Å². The summed E-state index contributed by atoms with van der Waals surface area (Å²) in [6, 6.07) is 9.71. The second-order valence-electron chi connectivity index (χ2n) is 6.64. The highest BCUT2D eigenvalue weighted by Crippen LogP contribution is 2.26. The highest BCUT2D eigenvalue weighted by Gasteiger charge is 2.20. The molecule has 1 aromatic carbocycles. The molecule has 1 saturated carbocycles. The van der Waals surface area contributed by atoms with Crippen LogP contribution in [0.4, 0.5) is 0 Å². The molecule has 0 spiro atoms. The number of nitrogens with one attached hydrogen (secondary N) is 1. The molecule has 2 nitrogen and oxygen atoms in total. The van der Waals surface area contributed by atoms with Crippen LogP contribution in [0.25, 0.3) is 0 Å². The molecule has 1 aliphatic rings. The largest absolute Gasteiger partial charge is 0.497 e. The number of hydrogen-bond donors (Lipinski definition) is 1. The van der Waals surface area contributed by atoms with Crippen molar-refractivity contribution in [2.75, 3.05) is 7.11 Å². The lowest BCUT2D eigenvalue weighted by atomic mass is 9.84. The Kier molecular flexibility index (Phi) is 6.56. The van der Waals surface area contributed by atoms with Gasteiger partial charge in [0.15, 0.2) is 0 Å². The van der Waals surface area contributed by atoms with E-state index < -0.39 is 0 Å². The lowest BCUT2D eigenvalue weighted by molar-refractivity contribution is 0.264. The fourth-order valence-corrected chi connectivity index (χ4v) is 3.48. The predicted molar refractivity (Wildman–Crippen MR) is 89.9 cm³/mol. The van der Waals surface area contributed by atoms with E-state index in [1.54, 1.807) is 7.11 Å². The minimum Gasteiger partial charge on any atom is -0.497 e. The van der Waals surface area contributed by atoms with Gasteiger partial charge in [-0.3, -0.25) is 0 Å². The summed E-state index contributed by atoms with van der Waals surface area (Å²) in [7, 11) is 1.72. The summed E-state index contributed by atoms with van der Waals surface area (Å²) in [5.41, 5.74) is 1.40. The number of benzene rings is 1. The second-order valence-corrected chi connectivity index (χ2v) is 6.64. The van der Waals surface area contributed by atoms with Crippen molar-refractivity contribution < 1.29 is 4.74 Å². The molecule has 118 valence electrons. The van der Waals surface area contributed by atoms with E-state index in [1.807, 2.05) is 0 Å². The van der Waals surface area contributed by atoms with Crippen LogP contribution >= 0.6 is 0 Å². The van der Waals surface area contributed by atoms with Crippen molar-refractivity contribution in [3.63, 3.8) is 0 Å².